The Morgan fingerprint density at radius 1 is 1.20 bits per heavy atom. The first-order chi connectivity index (χ1) is 9.50. The minimum atomic E-state index is -0.976. The molecule has 0 fully saturated rings. The van der Waals surface area contributed by atoms with Gasteiger partial charge in [-0.25, -0.2) is 4.79 Å². The summed E-state index contributed by atoms with van der Waals surface area (Å²) in [7, 11) is 1.82. The van der Waals surface area contributed by atoms with Crippen molar-refractivity contribution >= 4 is 11.8 Å². The molecule has 0 spiro atoms. The lowest BCUT2D eigenvalue weighted by Crippen LogP contribution is -2.22. The zero-order valence-electron chi connectivity index (χ0n) is 11.8. The highest BCUT2D eigenvalue weighted by Gasteiger charge is 2.20. The number of carbonyl (C=O) groups is 1. The van der Waals surface area contributed by atoms with Crippen molar-refractivity contribution in [3.05, 3.63) is 52.7 Å². The number of aryl methyl sites for hydroxylation is 1. The van der Waals surface area contributed by atoms with Crippen LogP contribution >= 0.6 is 0 Å². The van der Waals surface area contributed by atoms with Crippen molar-refractivity contribution in [2.24, 2.45) is 0 Å². The molecule has 0 amide bonds. The fraction of sp³-hybridized carbons (Fsp3) is 0.267. The average molecular weight is 271 g/mol. The summed E-state index contributed by atoms with van der Waals surface area (Å²) >= 11 is 0. The number of benzene rings is 1. The molecular formula is C15H17N3O2. The third kappa shape index (κ3) is 2.77. The third-order valence-corrected chi connectivity index (χ3v) is 3.27. The second kappa shape index (κ2) is 5.69. The molecule has 104 valence electrons. The van der Waals surface area contributed by atoms with Crippen LogP contribution in [-0.2, 0) is 6.54 Å². The number of anilines is 1. The summed E-state index contributed by atoms with van der Waals surface area (Å²) in [5.41, 5.74) is 2.60. The van der Waals surface area contributed by atoms with Crippen molar-refractivity contribution in [3.8, 4) is 0 Å². The molecule has 1 aromatic carbocycles. The molecule has 1 aromatic heterocycles. The molecule has 0 radical (unpaired) electrons. The van der Waals surface area contributed by atoms with Crippen LogP contribution in [0.4, 0.5) is 5.82 Å². The van der Waals surface area contributed by atoms with Crippen LogP contribution in [-0.4, -0.2) is 28.3 Å². The Balaban J connectivity index is 2.37. The molecule has 1 heterocycles. The molecule has 1 N–H and O–H groups in total. The van der Waals surface area contributed by atoms with Crippen molar-refractivity contribution in [1.29, 1.82) is 0 Å². The minimum Gasteiger partial charge on any atom is -0.478 e. The molecule has 0 saturated carbocycles. The van der Waals surface area contributed by atoms with Gasteiger partial charge < -0.3 is 10.0 Å². The average Bonchev–Trinajstić information content (AvgIpc) is 2.42. The fourth-order valence-corrected chi connectivity index (χ4v) is 2.05. The first-order valence-electron chi connectivity index (χ1n) is 6.33. The lowest BCUT2D eigenvalue weighted by atomic mass is 10.1. The Labute approximate surface area is 117 Å². The standard InChI is InChI=1S/C15H17N3O2/c1-10-11(2)16-17-14(13(10)15(19)20)18(3)9-12-7-5-4-6-8-12/h4-8H,9H2,1-3H3,(H,19,20). The molecule has 0 saturated heterocycles. The number of aromatic nitrogens is 2. The summed E-state index contributed by atoms with van der Waals surface area (Å²) in [6.45, 7) is 4.10. The SMILES string of the molecule is Cc1nnc(N(C)Cc2ccccc2)c(C(=O)O)c1C. The van der Waals surface area contributed by atoms with Crippen LogP contribution in [0.2, 0.25) is 0 Å². The summed E-state index contributed by atoms with van der Waals surface area (Å²) in [6, 6.07) is 9.83. The van der Waals surface area contributed by atoms with Gasteiger partial charge in [0.25, 0.3) is 0 Å². The van der Waals surface area contributed by atoms with Crippen molar-refractivity contribution < 1.29 is 9.90 Å². The van der Waals surface area contributed by atoms with Crippen molar-refractivity contribution in [3.63, 3.8) is 0 Å². The first-order valence-corrected chi connectivity index (χ1v) is 6.33. The zero-order chi connectivity index (χ0) is 14.7. The van der Waals surface area contributed by atoms with Gasteiger partial charge in [-0.3, -0.25) is 0 Å². The van der Waals surface area contributed by atoms with Gasteiger partial charge in [0, 0.05) is 13.6 Å². The van der Waals surface area contributed by atoms with E-state index in [4.69, 9.17) is 0 Å². The van der Waals surface area contributed by atoms with Crippen LogP contribution in [0.25, 0.3) is 0 Å². The number of hydrogen-bond acceptors (Lipinski definition) is 4. The predicted octanol–water partition coefficient (Wildman–Crippen LogP) is 2.43. The number of rotatable bonds is 4. The van der Waals surface area contributed by atoms with E-state index in [1.165, 1.54) is 0 Å². The minimum absolute atomic E-state index is 0.218. The fourth-order valence-electron chi connectivity index (χ4n) is 2.05. The maximum absolute atomic E-state index is 11.5. The van der Waals surface area contributed by atoms with Crippen LogP contribution in [0.5, 0.6) is 0 Å². The maximum Gasteiger partial charge on any atom is 0.339 e. The Morgan fingerprint density at radius 2 is 1.85 bits per heavy atom. The number of hydrogen-bond donors (Lipinski definition) is 1. The van der Waals surface area contributed by atoms with Crippen molar-refractivity contribution in [2.45, 2.75) is 20.4 Å². The zero-order valence-corrected chi connectivity index (χ0v) is 11.8. The van der Waals surface area contributed by atoms with Crippen LogP contribution in [0.3, 0.4) is 0 Å². The summed E-state index contributed by atoms with van der Waals surface area (Å²) < 4.78 is 0. The van der Waals surface area contributed by atoms with E-state index in [9.17, 15) is 9.90 Å². The van der Waals surface area contributed by atoms with Crippen LogP contribution in [0, 0.1) is 13.8 Å². The Hall–Kier alpha value is -2.43. The lowest BCUT2D eigenvalue weighted by Gasteiger charge is -2.20. The summed E-state index contributed by atoms with van der Waals surface area (Å²) in [5, 5.41) is 17.5. The molecule has 20 heavy (non-hydrogen) atoms. The quantitative estimate of drug-likeness (QED) is 0.925. The van der Waals surface area contributed by atoms with E-state index in [-0.39, 0.29) is 5.56 Å². The Morgan fingerprint density at radius 3 is 2.45 bits per heavy atom. The summed E-state index contributed by atoms with van der Waals surface area (Å²) in [4.78, 5) is 13.3. The number of carboxylic acid groups (broad SMARTS) is 1. The molecule has 0 atom stereocenters. The molecule has 5 nitrogen and oxygen atoms in total. The predicted molar refractivity (Wildman–Crippen MR) is 77.0 cm³/mol. The molecular weight excluding hydrogens is 254 g/mol. The molecule has 0 aliphatic rings. The number of aromatic carboxylic acids is 1. The van der Waals surface area contributed by atoms with Gasteiger partial charge in [-0.15, -0.1) is 5.10 Å². The van der Waals surface area contributed by atoms with Crippen molar-refractivity contribution in [1.82, 2.24) is 10.2 Å². The van der Waals surface area contributed by atoms with E-state index in [2.05, 4.69) is 10.2 Å². The lowest BCUT2D eigenvalue weighted by molar-refractivity contribution is 0.0696. The summed E-state index contributed by atoms with van der Waals surface area (Å²) in [6.07, 6.45) is 0. The Kier molecular flexibility index (Phi) is 3.98. The molecule has 2 rings (SSSR count). The molecule has 2 aromatic rings. The molecule has 0 bridgehead atoms. The van der Waals surface area contributed by atoms with E-state index < -0.39 is 5.97 Å². The topological polar surface area (TPSA) is 66.3 Å². The van der Waals surface area contributed by atoms with E-state index in [1.54, 1.807) is 18.7 Å². The highest BCUT2D eigenvalue weighted by atomic mass is 16.4. The highest BCUT2D eigenvalue weighted by Crippen LogP contribution is 2.22. The first kappa shape index (κ1) is 14.0. The second-order valence-corrected chi connectivity index (χ2v) is 4.76. The van der Waals surface area contributed by atoms with E-state index in [1.807, 2.05) is 37.4 Å². The molecule has 5 heteroatoms. The van der Waals surface area contributed by atoms with Crippen LogP contribution < -0.4 is 4.90 Å². The smallest absolute Gasteiger partial charge is 0.339 e. The van der Waals surface area contributed by atoms with E-state index in [0.717, 1.165) is 5.56 Å². The van der Waals surface area contributed by atoms with E-state index in [0.29, 0.717) is 23.6 Å². The van der Waals surface area contributed by atoms with Gasteiger partial charge in [0.15, 0.2) is 5.82 Å². The maximum atomic E-state index is 11.5. The highest BCUT2D eigenvalue weighted by molar-refractivity contribution is 5.95. The third-order valence-electron chi connectivity index (χ3n) is 3.27. The second-order valence-electron chi connectivity index (χ2n) is 4.76. The van der Waals surface area contributed by atoms with Gasteiger partial charge in [0.1, 0.15) is 5.56 Å². The van der Waals surface area contributed by atoms with Crippen molar-refractivity contribution in [2.75, 3.05) is 11.9 Å². The van der Waals surface area contributed by atoms with Gasteiger partial charge in [-0.05, 0) is 25.0 Å². The molecule has 0 unspecified atom stereocenters. The molecule has 0 aliphatic heterocycles. The summed E-state index contributed by atoms with van der Waals surface area (Å²) in [5.74, 6) is -0.583. The monoisotopic (exact) mass is 271 g/mol. The van der Waals surface area contributed by atoms with Gasteiger partial charge in [0.05, 0.1) is 5.69 Å². The van der Waals surface area contributed by atoms with E-state index >= 15 is 0 Å². The molecule has 0 aliphatic carbocycles. The van der Waals surface area contributed by atoms with Gasteiger partial charge in [0.2, 0.25) is 0 Å². The van der Waals surface area contributed by atoms with Gasteiger partial charge in [-0.1, -0.05) is 30.3 Å². The van der Waals surface area contributed by atoms with Gasteiger partial charge >= 0.3 is 5.97 Å². The Bertz CT molecular complexity index is 627. The number of nitrogens with zero attached hydrogens (tertiary/aromatic N) is 3. The van der Waals surface area contributed by atoms with Crippen LogP contribution in [0.1, 0.15) is 27.2 Å². The normalized spacial score (nSPS) is 10.3. The number of carboxylic acids is 1. The van der Waals surface area contributed by atoms with Crippen LogP contribution in [0.15, 0.2) is 30.3 Å². The largest absolute Gasteiger partial charge is 0.478 e. The van der Waals surface area contributed by atoms with Gasteiger partial charge in [-0.2, -0.15) is 5.10 Å².